The Hall–Kier alpha value is -2.47. The molecule has 2 aromatic heterocycles. The largest absolute Gasteiger partial charge is 0.347 e. The highest BCUT2D eigenvalue weighted by molar-refractivity contribution is 7.07. The molecular formula is C16H16N4OS. The maximum atomic E-state index is 12.3. The fraction of sp³-hybridized carbons (Fsp3) is 0.188. The fourth-order valence-corrected chi connectivity index (χ4v) is 2.91. The fourth-order valence-electron chi connectivity index (χ4n) is 2.24. The molecule has 1 atom stereocenters. The maximum Gasteiger partial charge on any atom is 0.224 e. The van der Waals surface area contributed by atoms with E-state index in [0.29, 0.717) is 13.0 Å². The Bertz CT molecular complexity index is 695. The van der Waals surface area contributed by atoms with E-state index < -0.39 is 0 Å². The Morgan fingerprint density at radius 2 is 1.95 bits per heavy atom. The van der Waals surface area contributed by atoms with Crippen LogP contribution in [0.15, 0.2) is 59.6 Å². The van der Waals surface area contributed by atoms with Crippen molar-refractivity contribution in [2.45, 2.75) is 19.0 Å². The van der Waals surface area contributed by atoms with E-state index in [2.05, 4.69) is 15.5 Å². The molecule has 0 fully saturated rings. The highest BCUT2D eigenvalue weighted by atomic mass is 32.1. The van der Waals surface area contributed by atoms with Gasteiger partial charge in [-0.25, -0.2) is 0 Å². The second-order valence-electron chi connectivity index (χ2n) is 4.92. The molecule has 0 saturated heterocycles. The van der Waals surface area contributed by atoms with E-state index in [-0.39, 0.29) is 11.9 Å². The zero-order valence-corrected chi connectivity index (χ0v) is 12.7. The third-order valence-electron chi connectivity index (χ3n) is 3.29. The van der Waals surface area contributed by atoms with Gasteiger partial charge >= 0.3 is 0 Å². The van der Waals surface area contributed by atoms with E-state index in [1.807, 2.05) is 47.2 Å². The first-order valence-corrected chi connectivity index (χ1v) is 7.95. The number of aromatic nitrogens is 3. The van der Waals surface area contributed by atoms with Gasteiger partial charge in [-0.2, -0.15) is 26.3 Å². The van der Waals surface area contributed by atoms with Crippen LogP contribution in [0.2, 0.25) is 0 Å². The molecule has 3 aromatic rings. The molecule has 5 nitrogen and oxygen atoms in total. The smallest absolute Gasteiger partial charge is 0.224 e. The minimum absolute atomic E-state index is 0.000547. The van der Waals surface area contributed by atoms with E-state index in [1.165, 1.54) is 0 Å². The SMILES string of the molecule is O=C(Cc1ccsc1)N[C@H](Cn1nccn1)c1ccccc1. The van der Waals surface area contributed by atoms with E-state index >= 15 is 0 Å². The quantitative estimate of drug-likeness (QED) is 0.760. The van der Waals surface area contributed by atoms with Crippen LogP contribution in [0, 0.1) is 0 Å². The zero-order chi connectivity index (χ0) is 15.2. The first-order valence-electron chi connectivity index (χ1n) is 7.01. The summed E-state index contributed by atoms with van der Waals surface area (Å²) in [5, 5.41) is 15.3. The van der Waals surface area contributed by atoms with Gasteiger partial charge in [-0.15, -0.1) is 0 Å². The summed E-state index contributed by atoms with van der Waals surface area (Å²) in [6, 6.07) is 11.7. The number of carbonyl (C=O) groups is 1. The Kier molecular flexibility index (Phi) is 4.60. The predicted octanol–water partition coefficient (Wildman–Crippen LogP) is 2.44. The molecule has 0 aliphatic heterocycles. The topological polar surface area (TPSA) is 59.8 Å². The molecule has 2 heterocycles. The van der Waals surface area contributed by atoms with Crippen molar-refractivity contribution >= 4 is 17.2 Å². The van der Waals surface area contributed by atoms with Crippen molar-refractivity contribution in [3.8, 4) is 0 Å². The molecular weight excluding hydrogens is 296 g/mol. The van der Waals surface area contributed by atoms with Crippen LogP contribution >= 0.6 is 11.3 Å². The number of amides is 1. The van der Waals surface area contributed by atoms with E-state index in [1.54, 1.807) is 28.5 Å². The maximum absolute atomic E-state index is 12.3. The lowest BCUT2D eigenvalue weighted by molar-refractivity contribution is -0.121. The molecule has 0 spiro atoms. The van der Waals surface area contributed by atoms with Gasteiger partial charge in [0.15, 0.2) is 0 Å². The third kappa shape index (κ3) is 3.79. The number of nitrogens with one attached hydrogen (secondary N) is 1. The number of nitrogens with zero attached hydrogens (tertiary/aromatic N) is 3. The average molecular weight is 312 g/mol. The lowest BCUT2D eigenvalue weighted by atomic mass is 10.1. The Morgan fingerprint density at radius 1 is 1.18 bits per heavy atom. The minimum atomic E-state index is -0.153. The normalized spacial score (nSPS) is 12.0. The van der Waals surface area contributed by atoms with Gasteiger partial charge in [0.05, 0.1) is 31.4 Å². The standard InChI is InChI=1S/C16H16N4OS/c21-16(10-13-6-9-22-12-13)19-15(11-20-17-7-8-18-20)14-4-2-1-3-5-14/h1-9,12,15H,10-11H2,(H,19,21)/t15-/m1/s1. The summed E-state index contributed by atoms with van der Waals surface area (Å²) in [6.45, 7) is 0.506. The van der Waals surface area contributed by atoms with Gasteiger partial charge in [-0.05, 0) is 28.0 Å². The molecule has 1 N–H and O–H groups in total. The van der Waals surface area contributed by atoms with E-state index in [4.69, 9.17) is 0 Å². The van der Waals surface area contributed by atoms with Crippen molar-refractivity contribution in [1.29, 1.82) is 0 Å². The molecule has 0 aliphatic rings. The van der Waals surface area contributed by atoms with Crippen LogP contribution in [0.25, 0.3) is 0 Å². The van der Waals surface area contributed by atoms with Gasteiger partial charge in [0.2, 0.25) is 5.91 Å². The average Bonchev–Trinajstić information content (AvgIpc) is 3.21. The lowest BCUT2D eigenvalue weighted by Crippen LogP contribution is -2.33. The van der Waals surface area contributed by atoms with Crippen molar-refractivity contribution in [1.82, 2.24) is 20.3 Å². The molecule has 0 unspecified atom stereocenters. The van der Waals surface area contributed by atoms with Crippen LogP contribution in [0.4, 0.5) is 0 Å². The van der Waals surface area contributed by atoms with Crippen LogP contribution in [0.1, 0.15) is 17.2 Å². The van der Waals surface area contributed by atoms with Crippen LogP contribution in [-0.2, 0) is 17.8 Å². The molecule has 6 heteroatoms. The number of carbonyl (C=O) groups excluding carboxylic acids is 1. The number of thiophene rings is 1. The van der Waals surface area contributed by atoms with Gasteiger partial charge in [-0.3, -0.25) is 4.79 Å². The monoisotopic (exact) mass is 312 g/mol. The zero-order valence-electron chi connectivity index (χ0n) is 11.9. The molecule has 3 rings (SSSR count). The van der Waals surface area contributed by atoms with Crippen molar-refractivity contribution < 1.29 is 4.79 Å². The molecule has 0 radical (unpaired) electrons. The van der Waals surface area contributed by atoms with Crippen LogP contribution < -0.4 is 5.32 Å². The number of benzene rings is 1. The van der Waals surface area contributed by atoms with E-state index in [9.17, 15) is 4.79 Å². The van der Waals surface area contributed by atoms with E-state index in [0.717, 1.165) is 11.1 Å². The van der Waals surface area contributed by atoms with Gasteiger partial charge in [0.25, 0.3) is 0 Å². The molecule has 0 bridgehead atoms. The van der Waals surface area contributed by atoms with Crippen molar-refractivity contribution in [2.75, 3.05) is 0 Å². The number of hydrogen-bond acceptors (Lipinski definition) is 4. The van der Waals surface area contributed by atoms with Crippen molar-refractivity contribution in [3.63, 3.8) is 0 Å². The van der Waals surface area contributed by atoms with Gasteiger partial charge in [0.1, 0.15) is 0 Å². The van der Waals surface area contributed by atoms with Crippen LogP contribution in [0.3, 0.4) is 0 Å². The predicted molar refractivity (Wildman–Crippen MR) is 85.4 cm³/mol. The molecule has 112 valence electrons. The van der Waals surface area contributed by atoms with Gasteiger partial charge in [-0.1, -0.05) is 30.3 Å². The van der Waals surface area contributed by atoms with Gasteiger partial charge in [0, 0.05) is 0 Å². The first-order chi connectivity index (χ1) is 10.8. The lowest BCUT2D eigenvalue weighted by Gasteiger charge is -2.18. The number of hydrogen-bond donors (Lipinski definition) is 1. The molecule has 0 aliphatic carbocycles. The van der Waals surface area contributed by atoms with Gasteiger partial charge < -0.3 is 5.32 Å². The molecule has 0 saturated carbocycles. The summed E-state index contributed by atoms with van der Waals surface area (Å²) >= 11 is 1.60. The summed E-state index contributed by atoms with van der Waals surface area (Å²) in [6.07, 6.45) is 3.66. The third-order valence-corrected chi connectivity index (χ3v) is 4.03. The molecule has 22 heavy (non-hydrogen) atoms. The first kappa shape index (κ1) is 14.5. The molecule has 1 aromatic carbocycles. The summed E-state index contributed by atoms with van der Waals surface area (Å²) in [4.78, 5) is 13.9. The molecule has 1 amide bonds. The summed E-state index contributed by atoms with van der Waals surface area (Å²) < 4.78 is 0. The highest BCUT2D eigenvalue weighted by Crippen LogP contribution is 2.15. The van der Waals surface area contributed by atoms with Crippen LogP contribution in [0.5, 0.6) is 0 Å². The van der Waals surface area contributed by atoms with Crippen molar-refractivity contribution in [2.24, 2.45) is 0 Å². The Balaban J connectivity index is 1.72. The summed E-state index contributed by atoms with van der Waals surface area (Å²) in [7, 11) is 0. The Morgan fingerprint density at radius 3 is 2.64 bits per heavy atom. The minimum Gasteiger partial charge on any atom is -0.347 e. The summed E-state index contributed by atoms with van der Waals surface area (Å²) in [5.74, 6) is -0.000547. The van der Waals surface area contributed by atoms with Crippen molar-refractivity contribution in [3.05, 3.63) is 70.7 Å². The summed E-state index contributed by atoms with van der Waals surface area (Å²) in [5.41, 5.74) is 2.07. The highest BCUT2D eigenvalue weighted by Gasteiger charge is 2.16. The Labute approximate surface area is 132 Å². The van der Waals surface area contributed by atoms with Crippen LogP contribution in [-0.4, -0.2) is 20.9 Å². The second-order valence-corrected chi connectivity index (χ2v) is 5.70. The number of rotatable bonds is 6. The second kappa shape index (κ2) is 7.00.